The Labute approximate surface area is 168 Å². The Bertz CT molecular complexity index is 973. The highest BCUT2D eigenvalue weighted by atomic mass is 32.2. The molecule has 0 N–H and O–H groups in total. The molecule has 0 aliphatic rings. The number of benzene rings is 2. The standard InChI is InChI=1S/C21H23FN4OS/c1-4-26-20(17-9-5-7-15(2)11-17)23-24-21(26)28-14-19(27)25(3)13-16-8-6-10-18(22)12-16/h5-12H,4,13-14H2,1-3H3. The molecule has 0 unspecified atom stereocenters. The molecule has 146 valence electrons. The monoisotopic (exact) mass is 398 g/mol. The zero-order valence-corrected chi connectivity index (χ0v) is 17.0. The van der Waals surface area contributed by atoms with Crippen LogP contribution in [0.4, 0.5) is 4.39 Å². The number of rotatable bonds is 7. The molecule has 0 spiro atoms. The van der Waals surface area contributed by atoms with Gasteiger partial charge in [0.2, 0.25) is 5.91 Å². The molecule has 0 aliphatic heterocycles. The maximum Gasteiger partial charge on any atom is 0.233 e. The van der Waals surface area contributed by atoms with E-state index in [9.17, 15) is 9.18 Å². The average molecular weight is 399 g/mol. The predicted octanol–water partition coefficient (Wildman–Crippen LogP) is 4.16. The highest BCUT2D eigenvalue weighted by molar-refractivity contribution is 7.99. The molecule has 0 saturated heterocycles. The van der Waals surface area contributed by atoms with Crippen LogP contribution in [0.3, 0.4) is 0 Å². The lowest BCUT2D eigenvalue weighted by Gasteiger charge is -2.17. The molecule has 1 amide bonds. The molecule has 3 rings (SSSR count). The first-order valence-corrected chi connectivity index (χ1v) is 10.1. The van der Waals surface area contributed by atoms with Crippen molar-refractivity contribution in [3.63, 3.8) is 0 Å². The van der Waals surface area contributed by atoms with Gasteiger partial charge in [-0.25, -0.2) is 4.39 Å². The zero-order valence-electron chi connectivity index (χ0n) is 16.2. The Morgan fingerprint density at radius 2 is 1.96 bits per heavy atom. The molecule has 0 fully saturated rings. The lowest BCUT2D eigenvalue weighted by molar-refractivity contribution is -0.127. The first-order chi connectivity index (χ1) is 13.5. The van der Waals surface area contributed by atoms with E-state index in [0.29, 0.717) is 18.2 Å². The van der Waals surface area contributed by atoms with E-state index in [2.05, 4.69) is 16.3 Å². The number of hydrogen-bond acceptors (Lipinski definition) is 4. The minimum absolute atomic E-state index is 0.0444. The van der Waals surface area contributed by atoms with Crippen molar-refractivity contribution in [1.82, 2.24) is 19.7 Å². The van der Waals surface area contributed by atoms with Crippen molar-refractivity contribution in [2.45, 2.75) is 32.1 Å². The van der Waals surface area contributed by atoms with E-state index < -0.39 is 0 Å². The fourth-order valence-electron chi connectivity index (χ4n) is 2.91. The van der Waals surface area contributed by atoms with Crippen molar-refractivity contribution in [2.24, 2.45) is 0 Å². The molecule has 7 heteroatoms. The number of carbonyl (C=O) groups excluding carboxylic acids is 1. The van der Waals surface area contributed by atoms with E-state index >= 15 is 0 Å². The smallest absolute Gasteiger partial charge is 0.233 e. The van der Waals surface area contributed by atoms with E-state index in [-0.39, 0.29) is 17.5 Å². The summed E-state index contributed by atoms with van der Waals surface area (Å²) in [4.78, 5) is 14.1. The third kappa shape index (κ3) is 4.78. The third-order valence-electron chi connectivity index (χ3n) is 4.37. The summed E-state index contributed by atoms with van der Waals surface area (Å²) in [6, 6.07) is 14.4. The first-order valence-electron chi connectivity index (χ1n) is 9.09. The number of aryl methyl sites for hydroxylation is 1. The Kier molecular flexibility index (Phi) is 6.46. The van der Waals surface area contributed by atoms with Gasteiger partial charge in [-0.15, -0.1) is 10.2 Å². The van der Waals surface area contributed by atoms with Gasteiger partial charge in [-0.1, -0.05) is 47.7 Å². The molecular weight excluding hydrogens is 375 g/mol. The Morgan fingerprint density at radius 1 is 1.18 bits per heavy atom. The van der Waals surface area contributed by atoms with Gasteiger partial charge in [0.15, 0.2) is 11.0 Å². The van der Waals surface area contributed by atoms with E-state index in [4.69, 9.17) is 0 Å². The second-order valence-electron chi connectivity index (χ2n) is 6.59. The maximum atomic E-state index is 13.3. The second-order valence-corrected chi connectivity index (χ2v) is 7.53. The topological polar surface area (TPSA) is 51.0 Å². The van der Waals surface area contributed by atoms with Crippen LogP contribution in [0.1, 0.15) is 18.1 Å². The van der Waals surface area contributed by atoms with Crippen LogP contribution < -0.4 is 0 Å². The minimum Gasteiger partial charge on any atom is -0.341 e. The fourth-order valence-corrected chi connectivity index (χ4v) is 3.85. The Hall–Kier alpha value is -2.67. The van der Waals surface area contributed by atoms with Gasteiger partial charge in [-0.05, 0) is 37.6 Å². The van der Waals surface area contributed by atoms with Crippen LogP contribution in [0.2, 0.25) is 0 Å². The van der Waals surface area contributed by atoms with E-state index in [0.717, 1.165) is 22.5 Å². The molecule has 1 heterocycles. The summed E-state index contributed by atoms with van der Waals surface area (Å²) in [6.45, 7) is 5.15. The van der Waals surface area contributed by atoms with Crippen LogP contribution in [0.5, 0.6) is 0 Å². The zero-order chi connectivity index (χ0) is 20.1. The molecular formula is C21H23FN4OS. The number of thioether (sulfide) groups is 1. The molecule has 1 aromatic heterocycles. The van der Waals surface area contributed by atoms with E-state index in [1.807, 2.05) is 42.7 Å². The van der Waals surface area contributed by atoms with Gasteiger partial charge < -0.3 is 9.47 Å². The van der Waals surface area contributed by atoms with Crippen molar-refractivity contribution in [1.29, 1.82) is 0 Å². The number of amides is 1. The highest BCUT2D eigenvalue weighted by Crippen LogP contribution is 2.24. The molecule has 3 aromatic rings. The van der Waals surface area contributed by atoms with Crippen molar-refractivity contribution < 1.29 is 9.18 Å². The maximum absolute atomic E-state index is 13.3. The molecule has 28 heavy (non-hydrogen) atoms. The number of nitrogens with zero attached hydrogens (tertiary/aromatic N) is 4. The molecule has 0 bridgehead atoms. The number of carbonyl (C=O) groups is 1. The first kappa shape index (κ1) is 20.1. The Balaban J connectivity index is 1.66. The van der Waals surface area contributed by atoms with Crippen molar-refractivity contribution in [3.8, 4) is 11.4 Å². The molecule has 2 aromatic carbocycles. The summed E-state index contributed by atoms with van der Waals surface area (Å²) < 4.78 is 15.3. The summed E-state index contributed by atoms with van der Waals surface area (Å²) in [6.07, 6.45) is 0. The van der Waals surface area contributed by atoms with Gasteiger partial charge in [0.1, 0.15) is 5.82 Å². The van der Waals surface area contributed by atoms with Crippen LogP contribution in [0, 0.1) is 12.7 Å². The third-order valence-corrected chi connectivity index (χ3v) is 5.32. The highest BCUT2D eigenvalue weighted by Gasteiger charge is 2.16. The molecule has 0 saturated carbocycles. The van der Waals surface area contributed by atoms with Crippen molar-refractivity contribution >= 4 is 17.7 Å². The largest absolute Gasteiger partial charge is 0.341 e. The van der Waals surface area contributed by atoms with Gasteiger partial charge in [-0.3, -0.25) is 4.79 Å². The van der Waals surface area contributed by atoms with Crippen LogP contribution in [0.25, 0.3) is 11.4 Å². The molecule has 0 aliphatic carbocycles. The summed E-state index contributed by atoms with van der Waals surface area (Å²) in [5.41, 5.74) is 2.93. The Morgan fingerprint density at radius 3 is 2.68 bits per heavy atom. The molecule has 5 nitrogen and oxygen atoms in total. The van der Waals surface area contributed by atoms with Gasteiger partial charge in [0.05, 0.1) is 5.75 Å². The van der Waals surface area contributed by atoms with Crippen LogP contribution >= 0.6 is 11.8 Å². The summed E-state index contributed by atoms with van der Waals surface area (Å²) in [5.74, 6) is 0.705. The van der Waals surface area contributed by atoms with E-state index in [1.165, 1.54) is 23.9 Å². The number of hydrogen-bond donors (Lipinski definition) is 0. The van der Waals surface area contributed by atoms with Crippen molar-refractivity contribution in [2.75, 3.05) is 12.8 Å². The van der Waals surface area contributed by atoms with Gasteiger partial charge in [-0.2, -0.15) is 0 Å². The molecule has 0 atom stereocenters. The number of aromatic nitrogens is 3. The van der Waals surface area contributed by atoms with Gasteiger partial charge in [0.25, 0.3) is 0 Å². The summed E-state index contributed by atoms with van der Waals surface area (Å²) in [5, 5.41) is 9.31. The fraction of sp³-hybridized carbons (Fsp3) is 0.286. The van der Waals surface area contributed by atoms with Crippen LogP contribution in [-0.4, -0.2) is 38.4 Å². The quantitative estimate of drug-likeness (QED) is 0.561. The molecule has 0 radical (unpaired) electrons. The summed E-state index contributed by atoms with van der Waals surface area (Å²) >= 11 is 1.37. The van der Waals surface area contributed by atoms with Crippen LogP contribution in [0.15, 0.2) is 53.7 Å². The minimum atomic E-state index is -0.299. The van der Waals surface area contributed by atoms with E-state index in [1.54, 1.807) is 18.0 Å². The van der Waals surface area contributed by atoms with Crippen molar-refractivity contribution in [3.05, 3.63) is 65.5 Å². The SMILES string of the molecule is CCn1c(SCC(=O)N(C)Cc2cccc(F)c2)nnc1-c1cccc(C)c1. The lowest BCUT2D eigenvalue weighted by Crippen LogP contribution is -2.28. The normalized spacial score (nSPS) is 10.9. The van der Waals surface area contributed by atoms with Gasteiger partial charge in [0, 0.05) is 25.7 Å². The van der Waals surface area contributed by atoms with Gasteiger partial charge >= 0.3 is 0 Å². The lowest BCUT2D eigenvalue weighted by atomic mass is 10.1. The predicted molar refractivity (Wildman–Crippen MR) is 109 cm³/mol. The second kappa shape index (κ2) is 9.01. The number of halogens is 1. The average Bonchev–Trinajstić information content (AvgIpc) is 3.09. The van der Waals surface area contributed by atoms with Crippen LogP contribution in [-0.2, 0) is 17.9 Å². The summed E-state index contributed by atoms with van der Waals surface area (Å²) in [7, 11) is 1.72.